The molecule has 2 aliphatic heterocycles. The zero-order valence-electron chi connectivity index (χ0n) is 16.1. The molecule has 0 atom stereocenters. The summed E-state index contributed by atoms with van der Waals surface area (Å²) >= 11 is 11.5. The molecule has 27 heavy (non-hydrogen) atoms. The van der Waals surface area contributed by atoms with Crippen molar-refractivity contribution in [2.45, 2.75) is 31.8 Å². The SMILES string of the molecule is S=C(NCCC[NH+]1CCOCC1)NC1CC[NH+](Cc2ccc(Cl)cc2)CC1. The van der Waals surface area contributed by atoms with E-state index in [1.807, 2.05) is 12.1 Å². The predicted molar refractivity (Wildman–Crippen MR) is 114 cm³/mol. The highest BCUT2D eigenvalue weighted by molar-refractivity contribution is 7.80. The molecule has 1 aromatic carbocycles. The van der Waals surface area contributed by atoms with Crippen molar-refractivity contribution in [1.29, 1.82) is 0 Å². The first kappa shape index (κ1) is 20.8. The van der Waals surface area contributed by atoms with E-state index in [1.54, 1.807) is 9.80 Å². The highest BCUT2D eigenvalue weighted by Crippen LogP contribution is 2.09. The fourth-order valence-corrected chi connectivity index (χ4v) is 4.32. The van der Waals surface area contributed by atoms with Gasteiger partial charge in [-0.05, 0) is 24.4 Å². The lowest BCUT2D eigenvalue weighted by Crippen LogP contribution is -3.14. The quantitative estimate of drug-likeness (QED) is 0.365. The summed E-state index contributed by atoms with van der Waals surface area (Å²) < 4.78 is 5.40. The first-order chi connectivity index (χ1) is 13.2. The molecule has 0 spiro atoms. The molecule has 0 bridgehead atoms. The van der Waals surface area contributed by atoms with Crippen molar-refractivity contribution >= 4 is 28.9 Å². The maximum atomic E-state index is 5.97. The number of piperidine rings is 1. The van der Waals surface area contributed by atoms with Crippen LogP contribution in [-0.4, -0.2) is 63.6 Å². The number of nitrogens with one attached hydrogen (secondary N) is 4. The van der Waals surface area contributed by atoms with Crippen molar-refractivity contribution in [1.82, 2.24) is 10.6 Å². The second-order valence-corrected chi connectivity index (χ2v) is 8.54. The minimum atomic E-state index is 0.504. The van der Waals surface area contributed by atoms with Crippen molar-refractivity contribution in [3.05, 3.63) is 34.9 Å². The van der Waals surface area contributed by atoms with Crippen LogP contribution in [0.4, 0.5) is 0 Å². The maximum Gasteiger partial charge on any atom is 0.166 e. The number of quaternary nitrogens is 2. The summed E-state index contributed by atoms with van der Waals surface area (Å²) in [5.41, 5.74) is 1.36. The van der Waals surface area contributed by atoms with E-state index in [-0.39, 0.29) is 0 Å². The Balaban J connectivity index is 1.26. The summed E-state index contributed by atoms with van der Waals surface area (Å²) in [6.45, 7) is 9.69. The van der Waals surface area contributed by atoms with E-state index in [4.69, 9.17) is 28.6 Å². The molecule has 0 radical (unpaired) electrons. The van der Waals surface area contributed by atoms with Crippen LogP contribution in [0, 0.1) is 0 Å². The molecule has 150 valence electrons. The van der Waals surface area contributed by atoms with Gasteiger partial charge in [-0.2, -0.15) is 0 Å². The molecule has 1 aromatic rings. The molecule has 4 N–H and O–H groups in total. The van der Waals surface area contributed by atoms with Gasteiger partial charge in [-0.25, -0.2) is 0 Å². The van der Waals surface area contributed by atoms with Gasteiger partial charge in [0.05, 0.1) is 32.8 Å². The lowest BCUT2D eigenvalue weighted by atomic mass is 10.0. The lowest BCUT2D eigenvalue weighted by molar-refractivity contribution is -0.918. The number of thiocarbonyl (C=S) groups is 1. The molecular formula is C20H33ClN4OS+2. The average Bonchev–Trinajstić information content (AvgIpc) is 2.69. The van der Waals surface area contributed by atoms with Gasteiger partial charge in [0.25, 0.3) is 0 Å². The molecule has 0 aliphatic carbocycles. The fourth-order valence-electron chi connectivity index (χ4n) is 3.92. The van der Waals surface area contributed by atoms with Crippen LogP contribution in [0.5, 0.6) is 0 Å². The zero-order chi connectivity index (χ0) is 18.9. The molecule has 7 heteroatoms. The molecule has 2 heterocycles. The third kappa shape index (κ3) is 7.54. The molecular weight excluding hydrogens is 380 g/mol. The van der Waals surface area contributed by atoms with Gasteiger partial charge in [0, 0.05) is 42.4 Å². The van der Waals surface area contributed by atoms with E-state index < -0.39 is 0 Å². The molecule has 0 saturated carbocycles. The Morgan fingerprint density at radius 1 is 1.07 bits per heavy atom. The van der Waals surface area contributed by atoms with Crippen LogP contribution in [-0.2, 0) is 11.3 Å². The summed E-state index contributed by atoms with van der Waals surface area (Å²) in [5.74, 6) is 0. The summed E-state index contributed by atoms with van der Waals surface area (Å²) in [4.78, 5) is 3.29. The molecule has 2 saturated heterocycles. The lowest BCUT2D eigenvalue weighted by Gasteiger charge is -2.30. The standard InChI is InChI=1S/C20H31ClN4OS/c21-18-4-2-17(3-5-18)16-25-10-6-19(7-11-25)23-20(27)22-8-1-9-24-12-14-26-15-13-24/h2-5,19H,1,6-16H2,(H2,22,23,27)/p+2. The minimum Gasteiger partial charge on any atom is -0.370 e. The summed E-state index contributed by atoms with van der Waals surface area (Å²) in [6, 6.07) is 8.74. The maximum absolute atomic E-state index is 5.97. The van der Waals surface area contributed by atoms with Gasteiger partial charge in [-0.3, -0.25) is 0 Å². The van der Waals surface area contributed by atoms with E-state index in [1.165, 1.54) is 38.0 Å². The Morgan fingerprint density at radius 2 is 1.78 bits per heavy atom. The Labute approximate surface area is 173 Å². The third-order valence-electron chi connectivity index (χ3n) is 5.59. The first-order valence-electron chi connectivity index (χ1n) is 10.2. The monoisotopic (exact) mass is 412 g/mol. The smallest absolute Gasteiger partial charge is 0.166 e. The van der Waals surface area contributed by atoms with Gasteiger partial charge >= 0.3 is 0 Å². The normalized spacial score (nSPS) is 23.7. The number of benzene rings is 1. The van der Waals surface area contributed by atoms with Gasteiger partial charge in [-0.15, -0.1) is 0 Å². The van der Waals surface area contributed by atoms with Gasteiger partial charge in [0.15, 0.2) is 5.11 Å². The van der Waals surface area contributed by atoms with E-state index in [2.05, 4.69) is 22.8 Å². The number of halogens is 1. The second kappa shape index (κ2) is 11.2. The highest BCUT2D eigenvalue weighted by atomic mass is 35.5. The van der Waals surface area contributed by atoms with Crippen LogP contribution in [0.2, 0.25) is 5.02 Å². The molecule has 3 rings (SSSR count). The molecule has 2 aliphatic rings. The van der Waals surface area contributed by atoms with Crippen LogP contribution >= 0.6 is 23.8 Å². The zero-order valence-corrected chi connectivity index (χ0v) is 17.6. The van der Waals surface area contributed by atoms with Gasteiger partial charge in [-0.1, -0.05) is 23.7 Å². The first-order valence-corrected chi connectivity index (χ1v) is 11.0. The van der Waals surface area contributed by atoms with Crippen LogP contribution in [0.3, 0.4) is 0 Å². The van der Waals surface area contributed by atoms with E-state index in [9.17, 15) is 0 Å². The summed E-state index contributed by atoms with van der Waals surface area (Å²) in [7, 11) is 0. The average molecular weight is 413 g/mol. The van der Waals surface area contributed by atoms with Crippen molar-refractivity contribution in [2.24, 2.45) is 0 Å². The van der Waals surface area contributed by atoms with Gasteiger partial charge < -0.3 is 25.2 Å². The summed E-state index contributed by atoms with van der Waals surface area (Å²) in [6.07, 6.45) is 3.49. The van der Waals surface area contributed by atoms with E-state index >= 15 is 0 Å². The van der Waals surface area contributed by atoms with Crippen LogP contribution in [0.25, 0.3) is 0 Å². The second-order valence-electron chi connectivity index (χ2n) is 7.69. The number of hydrogen-bond acceptors (Lipinski definition) is 2. The number of ether oxygens (including phenoxy) is 1. The number of likely N-dealkylation sites (tertiary alicyclic amines) is 1. The van der Waals surface area contributed by atoms with E-state index in [0.717, 1.165) is 55.9 Å². The van der Waals surface area contributed by atoms with Crippen LogP contribution in [0.15, 0.2) is 24.3 Å². The minimum absolute atomic E-state index is 0.504. The topological polar surface area (TPSA) is 42.2 Å². The molecule has 0 amide bonds. The Kier molecular flexibility index (Phi) is 8.61. The molecule has 2 fully saturated rings. The Bertz CT molecular complexity index is 572. The third-order valence-corrected chi connectivity index (χ3v) is 6.10. The van der Waals surface area contributed by atoms with Crippen LogP contribution in [0.1, 0.15) is 24.8 Å². The van der Waals surface area contributed by atoms with Crippen molar-refractivity contribution in [3.8, 4) is 0 Å². The van der Waals surface area contributed by atoms with E-state index in [0.29, 0.717) is 6.04 Å². The largest absolute Gasteiger partial charge is 0.370 e. The van der Waals surface area contributed by atoms with Gasteiger partial charge in [0.2, 0.25) is 0 Å². The van der Waals surface area contributed by atoms with Crippen molar-refractivity contribution in [2.75, 3.05) is 52.5 Å². The summed E-state index contributed by atoms with van der Waals surface area (Å²) in [5, 5.41) is 8.52. The number of morpholine rings is 1. The van der Waals surface area contributed by atoms with Crippen molar-refractivity contribution < 1.29 is 14.5 Å². The molecule has 0 unspecified atom stereocenters. The molecule has 5 nitrogen and oxygen atoms in total. The number of hydrogen-bond donors (Lipinski definition) is 4. The fraction of sp³-hybridized carbons (Fsp3) is 0.650. The van der Waals surface area contributed by atoms with Crippen molar-refractivity contribution in [3.63, 3.8) is 0 Å². The molecule has 0 aromatic heterocycles. The predicted octanol–water partition coefficient (Wildman–Crippen LogP) is -0.343. The Morgan fingerprint density at radius 3 is 2.48 bits per heavy atom. The van der Waals surface area contributed by atoms with Crippen LogP contribution < -0.4 is 20.4 Å². The number of rotatable bonds is 7. The van der Waals surface area contributed by atoms with Gasteiger partial charge in [0.1, 0.15) is 19.6 Å². The Hall–Kier alpha value is -0.920. The highest BCUT2D eigenvalue weighted by Gasteiger charge is 2.22.